The van der Waals surface area contributed by atoms with Crippen molar-refractivity contribution in [2.45, 2.75) is 34.1 Å². The Hall–Kier alpha value is -0.146. The van der Waals surface area contributed by atoms with Crippen LogP contribution in [0, 0.1) is 27.7 Å². The van der Waals surface area contributed by atoms with Crippen LogP contribution in [0.2, 0.25) is 0 Å². The second-order valence-electron chi connectivity index (χ2n) is 4.23. The van der Waals surface area contributed by atoms with Crippen LogP contribution in [-0.4, -0.2) is 21.3 Å². The van der Waals surface area contributed by atoms with Gasteiger partial charge in [0.15, 0.2) is 0 Å². The second-order valence-corrected chi connectivity index (χ2v) is 7.66. The molecule has 3 nitrogen and oxygen atoms in total. The third-order valence-electron chi connectivity index (χ3n) is 3.47. The molecule has 0 amide bonds. The number of allylic oxidation sites excluding steroid dienone is 4. The van der Waals surface area contributed by atoms with Gasteiger partial charge in [-0.2, -0.15) is 21.3 Å². The van der Waals surface area contributed by atoms with Crippen molar-refractivity contribution < 1.29 is 35.8 Å². The molecule has 116 valence electrons. The van der Waals surface area contributed by atoms with Crippen LogP contribution in [-0.2, 0) is 20.4 Å². The van der Waals surface area contributed by atoms with Crippen molar-refractivity contribution in [3.63, 3.8) is 0 Å². The summed E-state index contributed by atoms with van der Waals surface area (Å²) in [6, 6.07) is 0. The van der Waals surface area contributed by atoms with Gasteiger partial charge >= 0.3 is 105 Å². The second kappa shape index (κ2) is 12.4. The molecule has 1 aromatic heterocycles. The Kier molecular flexibility index (Phi) is 13.7. The molecular weight excluding hydrogens is 319 g/mol. The van der Waals surface area contributed by atoms with Crippen molar-refractivity contribution in [2.75, 3.05) is 21.3 Å². The summed E-state index contributed by atoms with van der Waals surface area (Å²) in [7, 11) is 2.12. The van der Waals surface area contributed by atoms with Crippen LogP contribution >= 0.6 is 7.53 Å². The summed E-state index contributed by atoms with van der Waals surface area (Å²) in [6.45, 7) is 9.16. The van der Waals surface area contributed by atoms with E-state index >= 15 is 0 Å². The fourth-order valence-corrected chi connectivity index (χ4v) is 5.88. The van der Waals surface area contributed by atoms with Gasteiger partial charge in [-0.15, -0.1) is 0 Å². The van der Waals surface area contributed by atoms with Gasteiger partial charge < -0.3 is 15.3 Å². The van der Waals surface area contributed by atoms with E-state index in [1.54, 1.807) is 19.8 Å². The molecule has 0 spiro atoms. The average Bonchev–Trinajstić information content (AvgIpc) is 3.04. The number of hydrogen-bond acceptors (Lipinski definition) is 3. The molecule has 0 unspecified atom stereocenters. The molecule has 0 saturated heterocycles. The van der Waals surface area contributed by atoms with Crippen LogP contribution < -0.4 is 15.3 Å². The van der Waals surface area contributed by atoms with Crippen LogP contribution in [0.25, 0.3) is 5.31 Å². The SMILES string of the molecule is C[O-].C[O-].C[O-].Cc1c(C)c(C)p(C2=[C]([Ti+3])CC=C2)c1C. The van der Waals surface area contributed by atoms with E-state index in [4.69, 9.17) is 15.3 Å². The zero-order valence-corrected chi connectivity index (χ0v) is 16.5. The van der Waals surface area contributed by atoms with Crippen molar-refractivity contribution in [1.29, 1.82) is 0 Å². The first-order valence-corrected chi connectivity index (χ1v) is 8.65. The first-order chi connectivity index (χ1) is 10.0. The van der Waals surface area contributed by atoms with E-state index in [2.05, 4.69) is 60.3 Å². The molecule has 0 saturated carbocycles. The Morgan fingerprint density at radius 1 is 0.857 bits per heavy atom. The number of hydrogen-bond donors (Lipinski definition) is 0. The third kappa shape index (κ3) is 5.52. The van der Waals surface area contributed by atoms with Gasteiger partial charge in [0, 0.05) is 0 Å². The van der Waals surface area contributed by atoms with E-state index in [-0.39, 0.29) is 7.53 Å². The molecule has 0 atom stereocenters. The van der Waals surface area contributed by atoms with E-state index in [1.165, 1.54) is 11.1 Å². The van der Waals surface area contributed by atoms with Gasteiger partial charge in [0.2, 0.25) is 0 Å². The van der Waals surface area contributed by atoms with Crippen LogP contribution in [0.3, 0.4) is 0 Å². The minimum absolute atomic E-state index is 0.135. The van der Waals surface area contributed by atoms with Crippen molar-refractivity contribution in [3.8, 4) is 0 Å². The summed E-state index contributed by atoms with van der Waals surface area (Å²) < 4.78 is 1.57. The Bertz CT molecular complexity index is 463. The van der Waals surface area contributed by atoms with Gasteiger partial charge in [-0.1, -0.05) is 0 Å². The predicted octanol–water partition coefficient (Wildman–Crippen LogP) is 1.51. The van der Waals surface area contributed by atoms with Gasteiger partial charge in [-0.3, -0.25) is 0 Å². The van der Waals surface area contributed by atoms with Crippen LogP contribution in [0.4, 0.5) is 0 Å². The fourth-order valence-electron chi connectivity index (χ4n) is 2.19. The molecule has 1 aliphatic rings. The maximum atomic E-state index is 8.25. The zero-order chi connectivity index (χ0) is 17.2. The van der Waals surface area contributed by atoms with Gasteiger partial charge in [0.05, 0.1) is 0 Å². The van der Waals surface area contributed by atoms with Crippen LogP contribution in [0.1, 0.15) is 28.1 Å². The van der Waals surface area contributed by atoms with Gasteiger partial charge in [0.25, 0.3) is 0 Å². The fraction of sp³-hybridized carbons (Fsp3) is 0.500. The molecule has 0 N–H and O–H groups in total. The van der Waals surface area contributed by atoms with Crippen molar-refractivity contribution in [1.82, 2.24) is 0 Å². The molecule has 0 radical (unpaired) electrons. The minimum atomic E-state index is -0.135. The summed E-state index contributed by atoms with van der Waals surface area (Å²) in [5.74, 6) is 0. The maximum absolute atomic E-state index is 8.25. The van der Waals surface area contributed by atoms with E-state index in [9.17, 15) is 0 Å². The molecule has 0 bridgehead atoms. The van der Waals surface area contributed by atoms with Crippen LogP contribution in [0.5, 0.6) is 0 Å². The average molecular weight is 344 g/mol. The molecule has 1 aliphatic carbocycles. The summed E-state index contributed by atoms with van der Waals surface area (Å²) in [5.41, 5.74) is 3.05. The topological polar surface area (TPSA) is 69.2 Å². The van der Waals surface area contributed by atoms with Gasteiger partial charge in [-0.05, 0) is 0 Å². The van der Waals surface area contributed by atoms with Crippen molar-refractivity contribution >= 4 is 12.8 Å². The molecular formula is C16H25O3PTi. The molecule has 1 aromatic rings. The summed E-state index contributed by atoms with van der Waals surface area (Å²) in [4.78, 5) is 0. The summed E-state index contributed by atoms with van der Waals surface area (Å²) in [5, 5.41) is 29.6. The van der Waals surface area contributed by atoms with Gasteiger partial charge in [-0.25, -0.2) is 0 Å². The predicted molar refractivity (Wildman–Crippen MR) is 82.8 cm³/mol. The van der Waals surface area contributed by atoms with E-state index in [0.717, 1.165) is 27.8 Å². The number of rotatable bonds is 1. The van der Waals surface area contributed by atoms with E-state index in [0.29, 0.717) is 0 Å². The first kappa shape index (κ1) is 23.1. The van der Waals surface area contributed by atoms with E-state index < -0.39 is 0 Å². The van der Waals surface area contributed by atoms with Gasteiger partial charge in [0.1, 0.15) is 0 Å². The van der Waals surface area contributed by atoms with E-state index in [1.807, 2.05) is 0 Å². The van der Waals surface area contributed by atoms with Crippen molar-refractivity contribution in [2.24, 2.45) is 0 Å². The molecule has 0 fully saturated rings. The standard InChI is InChI=1S/C13H16P.3CH3O.Ti/c1-9-10(2)12(4)14(11(9)3)13-7-5-6-8-13;3*1-2;/h5,7H,6H2,1-4H3;3*1H3;/q;3*-1;+3. The molecule has 21 heavy (non-hydrogen) atoms. The van der Waals surface area contributed by atoms with Crippen LogP contribution in [0.15, 0.2) is 16.0 Å². The zero-order valence-electron chi connectivity index (χ0n) is 14.0. The third-order valence-corrected chi connectivity index (χ3v) is 7.45. The Morgan fingerprint density at radius 2 is 1.24 bits per heavy atom. The van der Waals surface area contributed by atoms with Crippen molar-refractivity contribution in [3.05, 3.63) is 37.7 Å². The molecule has 0 aliphatic heterocycles. The monoisotopic (exact) mass is 344 g/mol. The first-order valence-electron chi connectivity index (χ1n) is 6.53. The molecule has 1 heterocycles. The summed E-state index contributed by atoms with van der Waals surface area (Å²) >= 11 is 2.28. The summed E-state index contributed by atoms with van der Waals surface area (Å²) in [6.07, 6.45) is 5.81. The Balaban J connectivity index is 0. The molecule has 2 rings (SSSR count). The molecule has 5 heteroatoms. The molecule has 0 aromatic carbocycles. The Labute approximate surface area is 141 Å². The quantitative estimate of drug-likeness (QED) is 0.725. The Morgan fingerprint density at radius 3 is 1.52 bits per heavy atom. The normalized spacial score (nSPS) is 12.0.